The topological polar surface area (TPSA) is 74.0 Å². The number of ether oxygens (including phenoxy) is 3. The number of hydrogen-bond acceptors (Lipinski definition) is 6. The third kappa shape index (κ3) is 5.08. The number of hydrogen-bond donors (Lipinski definition) is 1. The number of nitrogens with two attached hydrogens (primary N) is 1. The maximum Gasteiger partial charge on any atom is 0.293 e. The third-order valence-corrected chi connectivity index (χ3v) is 7.24. The third-order valence-electron chi connectivity index (χ3n) is 7.24. The molecule has 6 nitrogen and oxygen atoms in total. The highest BCUT2D eigenvalue weighted by molar-refractivity contribution is 5.72. The zero-order valence-electron chi connectivity index (χ0n) is 20.3. The van der Waals surface area contributed by atoms with E-state index in [4.69, 9.17) is 19.9 Å². The Morgan fingerprint density at radius 3 is 2.53 bits per heavy atom. The Labute approximate surface area is 210 Å². The smallest absolute Gasteiger partial charge is 0.293 e. The molecule has 1 spiro atoms. The van der Waals surface area contributed by atoms with Crippen molar-refractivity contribution in [2.45, 2.75) is 32.6 Å². The molecule has 0 unspecified atom stereocenters. The number of halogens is 1. The van der Waals surface area contributed by atoms with Gasteiger partial charge in [-0.05, 0) is 53.8 Å². The maximum absolute atomic E-state index is 16.0. The van der Waals surface area contributed by atoms with Gasteiger partial charge in [-0.2, -0.15) is 0 Å². The van der Waals surface area contributed by atoms with Crippen molar-refractivity contribution in [3.8, 4) is 16.9 Å². The minimum atomic E-state index is -0.228. The number of rotatable bonds is 9. The van der Waals surface area contributed by atoms with Crippen molar-refractivity contribution in [3.05, 3.63) is 83.2 Å². The molecule has 0 aliphatic carbocycles. The van der Waals surface area contributed by atoms with Crippen LogP contribution in [0.5, 0.6) is 5.75 Å². The van der Waals surface area contributed by atoms with Crippen LogP contribution in [0.1, 0.15) is 29.5 Å². The molecule has 7 heteroatoms. The van der Waals surface area contributed by atoms with Gasteiger partial charge >= 0.3 is 0 Å². The number of carbonyl (C=O) groups excluding carboxylic acids is 1. The minimum Gasteiger partial charge on any atom is -0.488 e. The Morgan fingerprint density at radius 2 is 1.81 bits per heavy atom. The van der Waals surface area contributed by atoms with Crippen LogP contribution in [0.3, 0.4) is 0 Å². The van der Waals surface area contributed by atoms with Gasteiger partial charge in [0.05, 0.1) is 18.9 Å². The molecule has 2 N–H and O–H groups in total. The van der Waals surface area contributed by atoms with Gasteiger partial charge in [0.2, 0.25) is 0 Å². The van der Waals surface area contributed by atoms with Gasteiger partial charge < -0.3 is 24.8 Å². The summed E-state index contributed by atoms with van der Waals surface area (Å²) >= 11 is 0. The SMILES string of the molecule is NCc1cccc(-c2cc(COc3ccccc3COC=O)cc(N3CCC4(CC3)COC4)c2F)c1. The number of anilines is 1. The molecule has 0 saturated carbocycles. The lowest BCUT2D eigenvalue weighted by Gasteiger charge is -2.48. The minimum absolute atomic E-state index is 0.130. The van der Waals surface area contributed by atoms with Crippen molar-refractivity contribution in [1.82, 2.24) is 0 Å². The molecule has 5 rings (SSSR count). The standard InChI is InChI=1S/C29H31FN2O4/c30-28-25(23-6-3-4-21(12-23)15-31)13-22(16-36-27-7-2-1-5-24(27)17-34-20-33)14-26(28)32-10-8-29(9-11-32)18-35-19-29/h1-7,12-14,20H,8-11,15-19,31H2. The summed E-state index contributed by atoms with van der Waals surface area (Å²) in [5, 5.41) is 0. The summed E-state index contributed by atoms with van der Waals surface area (Å²) in [4.78, 5) is 12.8. The van der Waals surface area contributed by atoms with Gasteiger partial charge in [0.25, 0.3) is 6.47 Å². The van der Waals surface area contributed by atoms with Gasteiger partial charge in [0.1, 0.15) is 19.0 Å². The first-order chi connectivity index (χ1) is 17.6. The fourth-order valence-corrected chi connectivity index (χ4v) is 5.01. The molecule has 0 aromatic heterocycles. The van der Waals surface area contributed by atoms with E-state index in [1.807, 2.05) is 60.7 Å². The largest absolute Gasteiger partial charge is 0.488 e. The molecule has 3 aromatic carbocycles. The summed E-state index contributed by atoms with van der Waals surface area (Å²) in [5.74, 6) is 0.398. The summed E-state index contributed by atoms with van der Waals surface area (Å²) in [5.41, 5.74) is 10.6. The van der Waals surface area contributed by atoms with Crippen LogP contribution >= 0.6 is 0 Å². The average molecular weight is 491 g/mol. The highest BCUT2D eigenvalue weighted by atomic mass is 19.1. The molecule has 2 heterocycles. The number of para-hydroxylation sites is 1. The molecule has 2 saturated heterocycles. The molecule has 0 radical (unpaired) electrons. The molecule has 3 aromatic rings. The van der Waals surface area contributed by atoms with Gasteiger partial charge in [-0.3, -0.25) is 4.79 Å². The van der Waals surface area contributed by atoms with Crippen LogP contribution in [0.15, 0.2) is 60.7 Å². The van der Waals surface area contributed by atoms with E-state index >= 15 is 4.39 Å². The van der Waals surface area contributed by atoms with E-state index in [-0.39, 0.29) is 24.4 Å². The van der Waals surface area contributed by atoms with E-state index < -0.39 is 0 Å². The van der Waals surface area contributed by atoms with Crippen LogP contribution in [0.25, 0.3) is 11.1 Å². The molecular weight excluding hydrogens is 459 g/mol. The van der Waals surface area contributed by atoms with E-state index in [9.17, 15) is 4.79 Å². The summed E-state index contributed by atoms with van der Waals surface area (Å²) in [6, 6.07) is 18.9. The molecule has 188 valence electrons. The quantitative estimate of drug-likeness (QED) is 0.434. The van der Waals surface area contributed by atoms with Gasteiger partial charge in [-0.1, -0.05) is 36.4 Å². The molecular formula is C29H31FN2O4. The van der Waals surface area contributed by atoms with Crippen molar-refractivity contribution in [2.75, 3.05) is 31.2 Å². The summed E-state index contributed by atoms with van der Waals surface area (Å²) in [6.07, 6.45) is 1.99. The zero-order chi connectivity index (χ0) is 25.0. The Balaban J connectivity index is 1.46. The first-order valence-electron chi connectivity index (χ1n) is 12.3. The number of carbonyl (C=O) groups is 1. The first kappa shape index (κ1) is 24.3. The van der Waals surface area contributed by atoms with Gasteiger partial charge in [-0.15, -0.1) is 0 Å². The van der Waals surface area contributed by atoms with Gasteiger partial charge in [0, 0.05) is 36.2 Å². The van der Waals surface area contributed by atoms with Crippen molar-refractivity contribution in [1.29, 1.82) is 0 Å². The van der Waals surface area contributed by atoms with E-state index in [2.05, 4.69) is 4.90 Å². The van der Waals surface area contributed by atoms with Crippen LogP contribution in [-0.4, -0.2) is 32.8 Å². The van der Waals surface area contributed by atoms with Crippen molar-refractivity contribution in [3.63, 3.8) is 0 Å². The number of nitrogens with zero attached hydrogens (tertiary/aromatic N) is 1. The number of piperidine rings is 1. The van der Waals surface area contributed by atoms with Crippen LogP contribution in [0.4, 0.5) is 10.1 Å². The Bertz CT molecular complexity index is 1220. The number of benzene rings is 3. The summed E-state index contributed by atoms with van der Waals surface area (Å²) in [7, 11) is 0. The lowest BCUT2D eigenvalue weighted by molar-refractivity contribution is -0.129. The molecule has 0 bridgehead atoms. The van der Waals surface area contributed by atoms with E-state index in [0.29, 0.717) is 30.0 Å². The molecule has 2 fully saturated rings. The van der Waals surface area contributed by atoms with Gasteiger partial charge in [-0.25, -0.2) is 4.39 Å². The zero-order valence-corrected chi connectivity index (χ0v) is 20.3. The monoisotopic (exact) mass is 490 g/mol. The van der Waals surface area contributed by atoms with Crippen molar-refractivity contribution < 1.29 is 23.4 Å². The Morgan fingerprint density at radius 1 is 1.00 bits per heavy atom. The summed E-state index contributed by atoms with van der Waals surface area (Å²) in [6.45, 7) is 4.39. The van der Waals surface area contributed by atoms with Crippen LogP contribution in [0.2, 0.25) is 0 Å². The molecule has 2 aliphatic rings. The Kier molecular flexibility index (Phi) is 7.20. The fourth-order valence-electron chi connectivity index (χ4n) is 5.01. The summed E-state index contributed by atoms with van der Waals surface area (Å²) < 4.78 is 32.5. The van der Waals surface area contributed by atoms with Crippen molar-refractivity contribution >= 4 is 12.2 Å². The molecule has 36 heavy (non-hydrogen) atoms. The van der Waals surface area contributed by atoms with Crippen molar-refractivity contribution in [2.24, 2.45) is 11.1 Å². The molecule has 0 amide bonds. The second-order valence-corrected chi connectivity index (χ2v) is 9.66. The van der Waals surface area contributed by atoms with Crippen LogP contribution in [0, 0.1) is 11.2 Å². The fraction of sp³-hybridized carbons (Fsp3) is 0.345. The first-order valence-corrected chi connectivity index (χ1v) is 12.3. The van der Waals surface area contributed by atoms with E-state index in [1.165, 1.54) is 0 Å². The molecule has 2 aliphatic heterocycles. The van der Waals surface area contributed by atoms with Gasteiger partial charge in [0.15, 0.2) is 5.82 Å². The van der Waals surface area contributed by atoms with Crippen LogP contribution < -0.4 is 15.4 Å². The van der Waals surface area contributed by atoms with E-state index in [1.54, 1.807) is 0 Å². The maximum atomic E-state index is 16.0. The van der Waals surface area contributed by atoms with Crippen LogP contribution in [-0.2, 0) is 34.0 Å². The second-order valence-electron chi connectivity index (χ2n) is 9.66. The molecule has 0 atom stereocenters. The predicted molar refractivity (Wildman–Crippen MR) is 136 cm³/mol. The predicted octanol–water partition coefficient (Wildman–Crippen LogP) is 4.82. The second kappa shape index (κ2) is 10.7. The Hall–Kier alpha value is -3.42. The lowest BCUT2D eigenvalue weighted by Crippen LogP contribution is -2.51. The normalized spacial score (nSPS) is 16.4. The lowest BCUT2D eigenvalue weighted by atomic mass is 9.76. The van der Waals surface area contributed by atoms with E-state index in [0.717, 1.165) is 61.4 Å². The highest BCUT2D eigenvalue weighted by Gasteiger charge is 2.41. The highest BCUT2D eigenvalue weighted by Crippen LogP contribution is 2.41. The average Bonchev–Trinajstić information content (AvgIpc) is 2.91.